The molecule has 47 valence electrons. The van der Waals surface area contributed by atoms with Gasteiger partial charge in [-0.1, -0.05) is 6.08 Å². The summed E-state index contributed by atoms with van der Waals surface area (Å²) in [6.07, 6.45) is 5.09. The minimum absolute atomic E-state index is 0.106. The van der Waals surface area contributed by atoms with E-state index in [1.165, 1.54) is 0 Å². The van der Waals surface area contributed by atoms with Crippen LogP contribution in [0.5, 0.6) is 0 Å². The van der Waals surface area contributed by atoms with E-state index in [2.05, 4.69) is 13.5 Å². The lowest BCUT2D eigenvalue weighted by atomic mass is 10.1. The Morgan fingerprint density at radius 1 is 1.62 bits per heavy atom. The molecule has 0 aromatic rings. The zero-order chi connectivity index (χ0) is 6.41. The van der Waals surface area contributed by atoms with Crippen LogP contribution in [0.25, 0.3) is 0 Å². The molecule has 1 heteroatoms. The number of rotatable bonds is 4. The molecule has 1 unspecified atom stereocenters. The van der Waals surface area contributed by atoms with Crippen molar-refractivity contribution in [2.24, 2.45) is 5.73 Å². The van der Waals surface area contributed by atoms with Gasteiger partial charge in [-0.15, -0.1) is 6.58 Å². The fraction of sp³-hybridized carbons (Fsp3) is 0.571. The molecule has 8 heavy (non-hydrogen) atoms. The molecule has 0 fully saturated rings. The van der Waals surface area contributed by atoms with E-state index >= 15 is 0 Å². The summed E-state index contributed by atoms with van der Waals surface area (Å²) in [6.45, 7) is 7.25. The van der Waals surface area contributed by atoms with E-state index in [-0.39, 0.29) is 6.04 Å². The highest BCUT2D eigenvalue weighted by atomic mass is 14.6. The van der Waals surface area contributed by atoms with Crippen LogP contribution in [0.2, 0.25) is 0 Å². The van der Waals surface area contributed by atoms with Crippen LogP contribution in [0.15, 0.2) is 12.7 Å². The number of allylic oxidation sites excluding steroid dienone is 1. The Kier molecular flexibility index (Phi) is 4.67. The molecule has 0 saturated heterocycles. The Morgan fingerprint density at radius 2 is 2.25 bits per heavy atom. The molecule has 1 nitrogen and oxygen atoms in total. The van der Waals surface area contributed by atoms with Gasteiger partial charge >= 0.3 is 0 Å². The lowest BCUT2D eigenvalue weighted by Crippen LogP contribution is -2.14. The predicted molar refractivity (Wildman–Crippen MR) is 37.4 cm³/mol. The third-order valence-corrected chi connectivity index (χ3v) is 0.983. The Labute approximate surface area is 51.6 Å². The maximum atomic E-state index is 5.39. The first kappa shape index (κ1) is 7.70. The first-order valence-corrected chi connectivity index (χ1v) is 2.97. The summed E-state index contributed by atoms with van der Waals surface area (Å²) in [4.78, 5) is 0. The van der Waals surface area contributed by atoms with Gasteiger partial charge in [-0.3, -0.25) is 0 Å². The van der Waals surface area contributed by atoms with Crippen molar-refractivity contribution in [3.05, 3.63) is 19.6 Å². The van der Waals surface area contributed by atoms with Crippen LogP contribution in [-0.4, -0.2) is 6.04 Å². The summed E-state index contributed by atoms with van der Waals surface area (Å²) >= 11 is 0. The largest absolute Gasteiger partial charge is 0.328 e. The lowest BCUT2D eigenvalue weighted by molar-refractivity contribution is 0.672. The molecule has 1 atom stereocenters. The lowest BCUT2D eigenvalue weighted by Gasteiger charge is -1.99. The quantitative estimate of drug-likeness (QED) is 0.433. The SMILES string of the molecule is [CH2]C(N)CCCC=C. The summed E-state index contributed by atoms with van der Waals surface area (Å²) in [6, 6.07) is 0.106. The maximum absolute atomic E-state index is 5.39. The number of unbranched alkanes of at least 4 members (excludes halogenated alkanes) is 1. The van der Waals surface area contributed by atoms with Gasteiger partial charge in [-0.2, -0.15) is 0 Å². The third kappa shape index (κ3) is 5.70. The van der Waals surface area contributed by atoms with Crippen molar-refractivity contribution in [1.29, 1.82) is 0 Å². The van der Waals surface area contributed by atoms with Crippen LogP contribution in [0, 0.1) is 6.92 Å². The molecule has 0 aliphatic carbocycles. The minimum atomic E-state index is 0.106. The zero-order valence-corrected chi connectivity index (χ0v) is 5.27. The van der Waals surface area contributed by atoms with E-state index in [1.807, 2.05) is 6.08 Å². The molecule has 2 N–H and O–H groups in total. The average Bonchev–Trinajstić information content (AvgIpc) is 1.66. The molecular weight excluding hydrogens is 98.1 g/mol. The maximum Gasteiger partial charge on any atom is 0.00395 e. The van der Waals surface area contributed by atoms with Gasteiger partial charge in [0.1, 0.15) is 0 Å². The molecule has 0 bridgehead atoms. The van der Waals surface area contributed by atoms with Gasteiger partial charge in [-0.05, 0) is 26.2 Å². The number of hydrogen-bond donors (Lipinski definition) is 1. The molecule has 0 saturated carbocycles. The van der Waals surface area contributed by atoms with Crippen molar-refractivity contribution in [3.8, 4) is 0 Å². The van der Waals surface area contributed by atoms with E-state index < -0.39 is 0 Å². The molecular formula is C7H14N. The Balaban J connectivity index is 2.81. The molecule has 0 aliphatic heterocycles. The van der Waals surface area contributed by atoms with Crippen LogP contribution in [0.4, 0.5) is 0 Å². The van der Waals surface area contributed by atoms with Gasteiger partial charge in [0.15, 0.2) is 0 Å². The van der Waals surface area contributed by atoms with Crippen LogP contribution >= 0.6 is 0 Å². The fourth-order valence-corrected chi connectivity index (χ4v) is 0.524. The Morgan fingerprint density at radius 3 is 2.62 bits per heavy atom. The van der Waals surface area contributed by atoms with Gasteiger partial charge in [0, 0.05) is 6.04 Å². The second-order valence-corrected chi connectivity index (χ2v) is 1.98. The normalized spacial score (nSPS) is 13.2. The number of nitrogens with two attached hydrogens (primary N) is 1. The first-order valence-electron chi connectivity index (χ1n) is 2.97. The van der Waals surface area contributed by atoms with E-state index in [0.29, 0.717) is 0 Å². The molecule has 0 rings (SSSR count). The highest BCUT2D eigenvalue weighted by Crippen LogP contribution is 1.96. The van der Waals surface area contributed by atoms with E-state index in [9.17, 15) is 0 Å². The molecule has 0 aromatic heterocycles. The Bertz CT molecular complexity index is 57.4. The second kappa shape index (κ2) is 4.85. The van der Waals surface area contributed by atoms with Gasteiger partial charge in [0.2, 0.25) is 0 Å². The standard InChI is InChI=1S/C7H14N/c1-3-4-5-6-7(2)8/h3,7H,1-2,4-6,8H2. The highest BCUT2D eigenvalue weighted by molar-refractivity contribution is 4.69. The van der Waals surface area contributed by atoms with Gasteiger partial charge in [0.25, 0.3) is 0 Å². The van der Waals surface area contributed by atoms with E-state index in [1.54, 1.807) is 0 Å². The van der Waals surface area contributed by atoms with E-state index in [0.717, 1.165) is 19.3 Å². The van der Waals surface area contributed by atoms with Crippen molar-refractivity contribution in [1.82, 2.24) is 0 Å². The van der Waals surface area contributed by atoms with Gasteiger partial charge < -0.3 is 5.73 Å². The van der Waals surface area contributed by atoms with Gasteiger partial charge in [-0.25, -0.2) is 0 Å². The van der Waals surface area contributed by atoms with Crippen molar-refractivity contribution >= 4 is 0 Å². The highest BCUT2D eigenvalue weighted by Gasteiger charge is 1.89. The minimum Gasteiger partial charge on any atom is -0.328 e. The van der Waals surface area contributed by atoms with Crippen LogP contribution in [0.3, 0.4) is 0 Å². The smallest absolute Gasteiger partial charge is 0.00395 e. The molecule has 0 amide bonds. The summed E-state index contributed by atoms with van der Waals surface area (Å²) in [5, 5.41) is 0. The van der Waals surface area contributed by atoms with Crippen LogP contribution in [-0.2, 0) is 0 Å². The third-order valence-electron chi connectivity index (χ3n) is 0.983. The van der Waals surface area contributed by atoms with Crippen molar-refractivity contribution < 1.29 is 0 Å². The first-order chi connectivity index (χ1) is 3.77. The zero-order valence-electron chi connectivity index (χ0n) is 5.27. The van der Waals surface area contributed by atoms with Crippen molar-refractivity contribution in [3.63, 3.8) is 0 Å². The monoisotopic (exact) mass is 112 g/mol. The predicted octanol–water partition coefficient (Wildman–Crippen LogP) is 1.50. The second-order valence-electron chi connectivity index (χ2n) is 1.98. The summed E-state index contributed by atoms with van der Waals surface area (Å²) in [5.74, 6) is 0. The molecule has 0 aliphatic rings. The molecule has 0 aromatic carbocycles. The summed E-state index contributed by atoms with van der Waals surface area (Å²) in [5.41, 5.74) is 5.39. The van der Waals surface area contributed by atoms with Gasteiger partial charge in [0.05, 0.1) is 0 Å². The average molecular weight is 112 g/mol. The topological polar surface area (TPSA) is 26.0 Å². The van der Waals surface area contributed by atoms with Crippen LogP contribution in [0.1, 0.15) is 19.3 Å². The summed E-state index contributed by atoms with van der Waals surface area (Å²) < 4.78 is 0. The molecule has 0 heterocycles. The fourth-order valence-electron chi connectivity index (χ4n) is 0.524. The van der Waals surface area contributed by atoms with Crippen molar-refractivity contribution in [2.45, 2.75) is 25.3 Å². The van der Waals surface area contributed by atoms with Crippen LogP contribution < -0.4 is 5.73 Å². The van der Waals surface area contributed by atoms with E-state index in [4.69, 9.17) is 5.73 Å². The Hall–Kier alpha value is -0.300. The summed E-state index contributed by atoms with van der Waals surface area (Å²) in [7, 11) is 0. The molecule has 1 radical (unpaired) electrons. The molecule has 0 spiro atoms. The number of hydrogen-bond acceptors (Lipinski definition) is 1. The van der Waals surface area contributed by atoms with Crippen molar-refractivity contribution in [2.75, 3.05) is 0 Å².